The minimum atomic E-state index is -2.98. The van der Waals surface area contributed by atoms with Gasteiger partial charge in [-0.05, 0) is 5.56 Å². The molecule has 1 heterocycles. The van der Waals surface area contributed by atoms with Crippen molar-refractivity contribution in [3.05, 3.63) is 35.2 Å². The fourth-order valence-electron chi connectivity index (χ4n) is 1.55. The van der Waals surface area contributed by atoms with E-state index in [2.05, 4.69) is 4.98 Å². The average Bonchev–Trinajstić information content (AvgIpc) is 2.76. The van der Waals surface area contributed by atoms with Crippen molar-refractivity contribution >= 4 is 26.3 Å². The summed E-state index contributed by atoms with van der Waals surface area (Å²) in [4.78, 5) is 4.18. The van der Waals surface area contributed by atoms with Crippen LogP contribution in [-0.2, 0) is 15.6 Å². The van der Waals surface area contributed by atoms with Crippen molar-refractivity contribution in [2.45, 2.75) is 12.7 Å². The summed E-state index contributed by atoms with van der Waals surface area (Å²) in [5.74, 6) is 0.250. The number of hydrogen-bond donors (Lipinski definition) is 1. The summed E-state index contributed by atoms with van der Waals surface area (Å²) in [7, 11) is -2.98. The molecule has 18 heavy (non-hydrogen) atoms. The molecule has 0 aliphatic rings. The normalized spacial score (nSPS) is 11.6. The highest BCUT2D eigenvalue weighted by Gasteiger charge is 2.09. The van der Waals surface area contributed by atoms with Crippen LogP contribution in [0.4, 0.5) is 5.13 Å². The van der Waals surface area contributed by atoms with Crippen LogP contribution < -0.4 is 5.73 Å². The molecule has 0 atom stereocenters. The Morgan fingerprint density at radius 1 is 1.28 bits per heavy atom. The molecule has 2 N–H and O–H groups in total. The Balaban J connectivity index is 2.20. The van der Waals surface area contributed by atoms with Gasteiger partial charge in [0.05, 0.1) is 11.4 Å². The van der Waals surface area contributed by atoms with Gasteiger partial charge in [-0.1, -0.05) is 31.2 Å². The number of nitrogens with two attached hydrogens (primary N) is 1. The van der Waals surface area contributed by atoms with Crippen LogP contribution >= 0.6 is 11.3 Å². The van der Waals surface area contributed by atoms with Crippen LogP contribution in [0.5, 0.6) is 0 Å². The van der Waals surface area contributed by atoms with Crippen molar-refractivity contribution in [3.63, 3.8) is 0 Å². The fourth-order valence-corrected chi connectivity index (χ4v) is 3.02. The number of anilines is 1. The molecular weight excluding hydrogens is 268 g/mol. The number of hydrogen-bond acceptors (Lipinski definition) is 5. The van der Waals surface area contributed by atoms with Crippen molar-refractivity contribution in [1.82, 2.24) is 4.98 Å². The monoisotopic (exact) mass is 282 g/mol. The predicted molar refractivity (Wildman–Crippen MR) is 75.1 cm³/mol. The second kappa shape index (κ2) is 5.07. The highest BCUT2D eigenvalue weighted by atomic mass is 32.2. The zero-order valence-electron chi connectivity index (χ0n) is 9.96. The minimum absolute atomic E-state index is 0.0863. The molecule has 0 fully saturated rings. The highest BCUT2D eigenvalue weighted by molar-refractivity contribution is 7.90. The third-order valence-electron chi connectivity index (χ3n) is 2.60. The number of rotatable bonds is 4. The van der Waals surface area contributed by atoms with Gasteiger partial charge in [-0.2, -0.15) is 0 Å². The Kier molecular flexibility index (Phi) is 3.68. The molecular formula is C12H14N2O2S2. The molecule has 1 aromatic heterocycles. The van der Waals surface area contributed by atoms with Gasteiger partial charge in [-0.15, -0.1) is 11.3 Å². The minimum Gasteiger partial charge on any atom is -0.375 e. The fraction of sp³-hybridized carbons (Fsp3) is 0.250. The Bertz CT molecular complexity index is 630. The topological polar surface area (TPSA) is 73.0 Å². The average molecular weight is 282 g/mol. The van der Waals surface area contributed by atoms with Crippen LogP contribution in [0.15, 0.2) is 29.6 Å². The van der Waals surface area contributed by atoms with E-state index >= 15 is 0 Å². The van der Waals surface area contributed by atoms with Gasteiger partial charge in [0.2, 0.25) is 0 Å². The molecule has 0 amide bonds. The summed E-state index contributed by atoms with van der Waals surface area (Å²) < 4.78 is 23.0. The third-order valence-corrected chi connectivity index (χ3v) is 4.92. The van der Waals surface area contributed by atoms with Gasteiger partial charge in [-0.3, -0.25) is 0 Å². The number of aromatic nitrogens is 1. The van der Waals surface area contributed by atoms with E-state index in [1.165, 1.54) is 11.3 Å². The van der Waals surface area contributed by atoms with E-state index in [1.54, 1.807) is 6.92 Å². The molecule has 1 aromatic carbocycles. The first-order valence-corrected chi connectivity index (χ1v) is 8.21. The second-order valence-corrected chi connectivity index (χ2v) is 7.19. The van der Waals surface area contributed by atoms with Crippen molar-refractivity contribution in [2.75, 3.05) is 11.5 Å². The lowest BCUT2D eigenvalue weighted by Gasteiger charge is -2.03. The molecule has 0 saturated carbocycles. The third kappa shape index (κ3) is 3.08. The number of thiazole rings is 1. The van der Waals surface area contributed by atoms with Crippen LogP contribution in [0.3, 0.4) is 0 Å². The zero-order chi connectivity index (χ0) is 13.2. The van der Waals surface area contributed by atoms with Gasteiger partial charge in [0.15, 0.2) is 15.0 Å². The molecule has 0 aliphatic heterocycles. The van der Waals surface area contributed by atoms with Gasteiger partial charge >= 0.3 is 0 Å². The summed E-state index contributed by atoms with van der Waals surface area (Å²) in [6.45, 7) is 1.65. The molecule has 0 spiro atoms. The van der Waals surface area contributed by atoms with E-state index < -0.39 is 9.84 Å². The molecule has 0 bridgehead atoms. The predicted octanol–water partition coefficient (Wildman–Crippen LogP) is 2.33. The number of sulfone groups is 1. The van der Waals surface area contributed by atoms with Crippen molar-refractivity contribution < 1.29 is 8.42 Å². The molecule has 96 valence electrons. The summed E-state index contributed by atoms with van der Waals surface area (Å²) >= 11 is 1.39. The van der Waals surface area contributed by atoms with E-state index in [0.29, 0.717) is 5.13 Å². The van der Waals surface area contributed by atoms with Gasteiger partial charge in [-0.25, -0.2) is 13.4 Å². The quantitative estimate of drug-likeness (QED) is 0.934. The summed E-state index contributed by atoms with van der Waals surface area (Å²) in [6, 6.07) is 7.38. The van der Waals surface area contributed by atoms with E-state index in [1.807, 2.05) is 29.6 Å². The van der Waals surface area contributed by atoms with Crippen LogP contribution in [0.1, 0.15) is 12.5 Å². The summed E-state index contributed by atoms with van der Waals surface area (Å²) in [5.41, 5.74) is 8.14. The maximum absolute atomic E-state index is 11.5. The SMILES string of the molecule is CCS(=O)(=O)Cc1ccc(-c2csc(N)n2)cc1. The van der Waals surface area contributed by atoms with Crippen LogP contribution in [0.25, 0.3) is 11.3 Å². The smallest absolute Gasteiger partial charge is 0.180 e. The van der Waals surface area contributed by atoms with E-state index in [4.69, 9.17) is 5.73 Å². The largest absolute Gasteiger partial charge is 0.375 e. The Morgan fingerprint density at radius 3 is 2.44 bits per heavy atom. The van der Waals surface area contributed by atoms with E-state index in [-0.39, 0.29) is 11.5 Å². The van der Waals surface area contributed by atoms with E-state index in [0.717, 1.165) is 16.8 Å². The summed E-state index contributed by atoms with van der Waals surface area (Å²) in [5, 5.41) is 2.41. The maximum atomic E-state index is 11.5. The lowest BCUT2D eigenvalue weighted by atomic mass is 10.1. The number of benzene rings is 1. The molecule has 2 rings (SSSR count). The van der Waals surface area contributed by atoms with Crippen LogP contribution in [0.2, 0.25) is 0 Å². The molecule has 6 heteroatoms. The van der Waals surface area contributed by atoms with E-state index in [9.17, 15) is 8.42 Å². The van der Waals surface area contributed by atoms with Gasteiger partial charge in [0.25, 0.3) is 0 Å². The lowest BCUT2D eigenvalue weighted by molar-refractivity contribution is 0.596. The number of nitrogen functional groups attached to an aromatic ring is 1. The van der Waals surface area contributed by atoms with Crippen LogP contribution in [0, 0.1) is 0 Å². The zero-order valence-corrected chi connectivity index (χ0v) is 11.6. The van der Waals surface area contributed by atoms with Gasteiger partial charge in [0, 0.05) is 16.7 Å². The second-order valence-electron chi connectivity index (χ2n) is 3.94. The number of nitrogens with zero attached hydrogens (tertiary/aromatic N) is 1. The van der Waals surface area contributed by atoms with Gasteiger partial charge in [0.1, 0.15) is 0 Å². The standard InChI is InChI=1S/C12H14N2O2S2/c1-2-18(15,16)8-9-3-5-10(6-4-9)11-7-17-12(13)14-11/h3-7H,2,8H2,1H3,(H2,13,14). The first-order chi connectivity index (χ1) is 8.50. The maximum Gasteiger partial charge on any atom is 0.180 e. The van der Waals surface area contributed by atoms with Crippen LogP contribution in [-0.4, -0.2) is 19.2 Å². The van der Waals surface area contributed by atoms with Crippen molar-refractivity contribution in [2.24, 2.45) is 0 Å². The Labute approximate surface area is 110 Å². The van der Waals surface area contributed by atoms with Crippen molar-refractivity contribution in [3.8, 4) is 11.3 Å². The lowest BCUT2D eigenvalue weighted by Crippen LogP contribution is -2.06. The molecule has 0 saturated heterocycles. The first kappa shape index (κ1) is 13.0. The first-order valence-electron chi connectivity index (χ1n) is 5.51. The van der Waals surface area contributed by atoms with Crippen molar-refractivity contribution in [1.29, 1.82) is 0 Å². The Morgan fingerprint density at radius 2 is 1.94 bits per heavy atom. The molecule has 0 unspecified atom stereocenters. The molecule has 4 nitrogen and oxygen atoms in total. The molecule has 0 aliphatic carbocycles. The highest BCUT2D eigenvalue weighted by Crippen LogP contribution is 2.23. The van der Waals surface area contributed by atoms with Gasteiger partial charge < -0.3 is 5.73 Å². The molecule has 2 aromatic rings. The molecule has 0 radical (unpaired) electrons. The Hall–Kier alpha value is -1.40. The summed E-state index contributed by atoms with van der Waals surface area (Å²) in [6.07, 6.45) is 0.